The highest BCUT2D eigenvalue weighted by Crippen LogP contribution is 2.26. The normalized spacial score (nSPS) is 16.6. The molecule has 0 bridgehead atoms. The van der Waals surface area contributed by atoms with Crippen LogP contribution in [0.4, 0.5) is 0 Å². The number of amides is 2. The van der Waals surface area contributed by atoms with Gasteiger partial charge in [-0.2, -0.15) is 5.10 Å². The van der Waals surface area contributed by atoms with E-state index in [0.717, 1.165) is 37.2 Å². The van der Waals surface area contributed by atoms with Crippen LogP contribution in [0.15, 0.2) is 36.7 Å². The third-order valence-corrected chi connectivity index (χ3v) is 5.15. The van der Waals surface area contributed by atoms with Gasteiger partial charge >= 0.3 is 0 Å². The maximum atomic E-state index is 12.7. The summed E-state index contributed by atoms with van der Waals surface area (Å²) in [6.07, 6.45) is 6.09. The van der Waals surface area contributed by atoms with Crippen molar-refractivity contribution in [1.29, 1.82) is 0 Å². The van der Waals surface area contributed by atoms with E-state index >= 15 is 0 Å². The number of carbonyl (C=O) groups is 2. The first-order valence-electron chi connectivity index (χ1n) is 9.51. The predicted molar refractivity (Wildman–Crippen MR) is 99.3 cm³/mol. The fourth-order valence-corrected chi connectivity index (χ4v) is 3.64. The second-order valence-corrected chi connectivity index (χ2v) is 7.00. The minimum Gasteiger partial charge on any atom is -0.491 e. The molecule has 27 heavy (non-hydrogen) atoms. The van der Waals surface area contributed by atoms with Crippen LogP contribution >= 0.6 is 0 Å². The Bertz CT molecular complexity index is 813. The van der Waals surface area contributed by atoms with Gasteiger partial charge in [0.25, 0.3) is 5.91 Å². The molecule has 1 aromatic carbocycles. The number of hydrogen-bond acceptors (Lipinski definition) is 4. The largest absolute Gasteiger partial charge is 0.491 e. The van der Waals surface area contributed by atoms with Gasteiger partial charge in [-0.3, -0.25) is 14.3 Å². The molecular formula is C20H24N4O3. The van der Waals surface area contributed by atoms with Crippen LogP contribution in [-0.2, 0) is 17.9 Å². The van der Waals surface area contributed by atoms with E-state index in [2.05, 4.69) is 5.10 Å². The monoisotopic (exact) mass is 368 g/mol. The van der Waals surface area contributed by atoms with E-state index in [-0.39, 0.29) is 11.8 Å². The first kappa shape index (κ1) is 17.6. The lowest BCUT2D eigenvalue weighted by molar-refractivity contribution is -0.132. The topological polar surface area (TPSA) is 67.7 Å². The van der Waals surface area contributed by atoms with Gasteiger partial charge in [0.2, 0.25) is 5.91 Å². The summed E-state index contributed by atoms with van der Waals surface area (Å²) >= 11 is 0. The highest BCUT2D eigenvalue weighted by molar-refractivity contribution is 5.94. The third kappa shape index (κ3) is 3.97. The van der Waals surface area contributed by atoms with Crippen molar-refractivity contribution < 1.29 is 14.3 Å². The number of aryl methyl sites for hydroxylation is 1. The molecule has 0 saturated carbocycles. The quantitative estimate of drug-likeness (QED) is 0.827. The SMILES string of the molecule is O=C(CCn1cccn1)N1CCOc2ccc(C(=O)N3CCCC3)cc2C1. The molecule has 0 radical (unpaired) electrons. The molecule has 0 spiro atoms. The van der Waals surface area contributed by atoms with Crippen molar-refractivity contribution in [3.63, 3.8) is 0 Å². The van der Waals surface area contributed by atoms with Crippen LogP contribution < -0.4 is 4.74 Å². The molecule has 0 N–H and O–H groups in total. The molecule has 4 rings (SSSR count). The van der Waals surface area contributed by atoms with E-state index in [0.29, 0.717) is 38.2 Å². The van der Waals surface area contributed by atoms with Gasteiger partial charge in [-0.15, -0.1) is 0 Å². The van der Waals surface area contributed by atoms with E-state index < -0.39 is 0 Å². The molecule has 1 saturated heterocycles. The Hall–Kier alpha value is -2.83. The van der Waals surface area contributed by atoms with Crippen LogP contribution in [0.5, 0.6) is 5.75 Å². The highest BCUT2D eigenvalue weighted by atomic mass is 16.5. The second-order valence-electron chi connectivity index (χ2n) is 7.00. The number of carbonyl (C=O) groups excluding carboxylic acids is 2. The highest BCUT2D eigenvalue weighted by Gasteiger charge is 2.23. The lowest BCUT2D eigenvalue weighted by Crippen LogP contribution is -2.33. The molecule has 2 aliphatic heterocycles. The van der Waals surface area contributed by atoms with Gasteiger partial charge in [0, 0.05) is 56.1 Å². The van der Waals surface area contributed by atoms with Crippen LogP contribution in [0.25, 0.3) is 0 Å². The van der Waals surface area contributed by atoms with Crippen LogP contribution in [0.2, 0.25) is 0 Å². The van der Waals surface area contributed by atoms with Gasteiger partial charge in [0.05, 0.1) is 6.54 Å². The van der Waals surface area contributed by atoms with E-state index in [1.807, 2.05) is 35.4 Å². The summed E-state index contributed by atoms with van der Waals surface area (Å²) in [4.78, 5) is 29.0. The van der Waals surface area contributed by atoms with Gasteiger partial charge in [-0.25, -0.2) is 0 Å². The standard InChI is InChI=1S/C20H24N4O3/c25-19(6-11-24-10-3-7-21-24)23-12-13-27-18-5-4-16(14-17(18)15-23)20(26)22-8-1-2-9-22/h3-5,7,10,14H,1-2,6,8-9,11-13,15H2. The fourth-order valence-electron chi connectivity index (χ4n) is 3.64. The molecule has 2 amide bonds. The molecule has 1 aromatic heterocycles. The van der Waals surface area contributed by atoms with Crippen molar-refractivity contribution >= 4 is 11.8 Å². The Labute approximate surface area is 158 Å². The number of benzene rings is 1. The van der Waals surface area contributed by atoms with Gasteiger partial charge < -0.3 is 14.5 Å². The summed E-state index contributed by atoms with van der Waals surface area (Å²) in [5, 5.41) is 4.14. The zero-order valence-electron chi connectivity index (χ0n) is 15.3. The summed E-state index contributed by atoms with van der Waals surface area (Å²) < 4.78 is 7.56. The Morgan fingerprint density at radius 2 is 1.96 bits per heavy atom. The molecule has 142 valence electrons. The summed E-state index contributed by atoms with van der Waals surface area (Å²) in [6.45, 7) is 3.68. The number of nitrogens with zero attached hydrogens (tertiary/aromatic N) is 4. The maximum Gasteiger partial charge on any atom is 0.253 e. The number of hydrogen-bond donors (Lipinski definition) is 0. The molecule has 2 aromatic rings. The van der Waals surface area contributed by atoms with Crippen molar-refractivity contribution in [2.24, 2.45) is 0 Å². The summed E-state index contributed by atoms with van der Waals surface area (Å²) in [5.41, 5.74) is 1.56. The number of ether oxygens (including phenoxy) is 1. The first-order valence-corrected chi connectivity index (χ1v) is 9.51. The molecule has 0 unspecified atom stereocenters. The average molecular weight is 368 g/mol. The number of fused-ring (bicyclic) bond motifs is 1. The van der Waals surface area contributed by atoms with Gasteiger partial charge in [0.15, 0.2) is 0 Å². The number of rotatable bonds is 4. The minimum absolute atomic E-state index is 0.0658. The smallest absolute Gasteiger partial charge is 0.253 e. The molecule has 0 aliphatic carbocycles. The Kier molecular flexibility index (Phi) is 5.09. The molecule has 2 aliphatic rings. The fraction of sp³-hybridized carbons (Fsp3) is 0.450. The van der Waals surface area contributed by atoms with E-state index in [9.17, 15) is 9.59 Å². The molecule has 7 nitrogen and oxygen atoms in total. The predicted octanol–water partition coefficient (Wildman–Crippen LogP) is 1.93. The second kappa shape index (κ2) is 7.82. The zero-order chi connectivity index (χ0) is 18.6. The lowest BCUT2D eigenvalue weighted by atomic mass is 10.1. The summed E-state index contributed by atoms with van der Waals surface area (Å²) in [7, 11) is 0. The number of likely N-dealkylation sites (tertiary alicyclic amines) is 1. The van der Waals surface area contributed by atoms with Gasteiger partial charge in [-0.1, -0.05) is 0 Å². The van der Waals surface area contributed by atoms with Gasteiger partial charge in [-0.05, 0) is 37.1 Å². The first-order chi connectivity index (χ1) is 13.2. The summed E-state index contributed by atoms with van der Waals surface area (Å²) in [6, 6.07) is 7.42. The van der Waals surface area contributed by atoms with E-state index in [4.69, 9.17) is 4.74 Å². The molecular weight excluding hydrogens is 344 g/mol. The van der Waals surface area contributed by atoms with Crippen molar-refractivity contribution in [3.05, 3.63) is 47.8 Å². The molecule has 1 fully saturated rings. The van der Waals surface area contributed by atoms with E-state index in [1.165, 1.54) is 0 Å². The number of aromatic nitrogens is 2. The van der Waals surface area contributed by atoms with Crippen molar-refractivity contribution in [2.75, 3.05) is 26.2 Å². The van der Waals surface area contributed by atoms with E-state index in [1.54, 1.807) is 15.8 Å². The van der Waals surface area contributed by atoms with Crippen molar-refractivity contribution in [2.45, 2.75) is 32.4 Å². The Morgan fingerprint density at radius 1 is 1.11 bits per heavy atom. The summed E-state index contributed by atoms with van der Waals surface area (Å²) in [5.74, 6) is 0.893. The molecule has 3 heterocycles. The van der Waals surface area contributed by atoms with Gasteiger partial charge in [0.1, 0.15) is 12.4 Å². The lowest BCUT2D eigenvalue weighted by Gasteiger charge is -2.20. The van der Waals surface area contributed by atoms with Crippen LogP contribution in [0, 0.1) is 0 Å². The van der Waals surface area contributed by atoms with Crippen molar-refractivity contribution in [3.8, 4) is 5.75 Å². The molecule has 7 heteroatoms. The Balaban J connectivity index is 1.46. The van der Waals surface area contributed by atoms with Crippen molar-refractivity contribution in [1.82, 2.24) is 19.6 Å². The average Bonchev–Trinajstić information content (AvgIpc) is 3.36. The Morgan fingerprint density at radius 3 is 2.74 bits per heavy atom. The van der Waals surface area contributed by atoms with Crippen LogP contribution in [0.3, 0.4) is 0 Å². The third-order valence-electron chi connectivity index (χ3n) is 5.15. The minimum atomic E-state index is 0.0658. The maximum absolute atomic E-state index is 12.7. The zero-order valence-corrected chi connectivity index (χ0v) is 15.3. The van der Waals surface area contributed by atoms with Crippen LogP contribution in [-0.4, -0.2) is 57.6 Å². The van der Waals surface area contributed by atoms with Crippen LogP contribution in [0.1, 0.15) is 35.2 Å². The molecule has 0 atom stereocenters.